The molecular formula is C31H31ClN8O3. The van der Waals surface area contributed by atoms with Crippen molar-refractivity contribution < 1.29 is 9.59 Å². The van der Waals surface area contributed by atoms with Crippen LogP contribution >= 0.6 is 11.6 Å². The van der Waals surface area contributed by atoms with E-state index in [0.717, 1.165) is 16.7 Å². The summed E-state index contributed by atoms with van der Waals surface area (Å²) >= 11 is 6.61. The predicted molar refractivity (Wildman–Crippen MR) is 165 cm³/mol. The number of pyridine rings is 1. The lowest BCUT2D eigenvalue weighted by Gasteiger charge is -2.20. The van der Waals surface area contributed by atoms with E-state index >= 15 is 0 Å². The van der Waals surface area contributed by atoms with Crippen molar-refractivity contribution in [3.05, 3.63) is 106 Å². The summed E-state index contributed by atoms with van der Waals surface area (Å²) in [7, 11) is 3.45. The molecule has 2 amide bonds. The van der Waals surface area contributed by atoms with Crippen LogP contribution in [0.25, 0.3) is 22.5 Å². The van der Waals surface area contributed by atoms with Gasteiger partial charge in [-0.25, -0.2) is 9.67 Å². The largest absolute Gasteiger partial charge is 0.339 e. The first-order valence-corrected chi connectivity index (χ1v) is 14.0. The number of benzene rings is 2. The summed E-state index contributed by atoms with van der Waals surface area (Å²) in [6, 6.07) is 16.6. The number of carbonyl (C=O) groups is 2. The number of hydrogen-bond acceptors (Lipinski definition) is 6. The zero-order valence-corrected chi connectivity index (χ0v) is 24.9. The van der Waals surface area contributed by atoms with Crippen LogP contribution in [0, 0.1) is 0 Å². The third-order valence-electron chi connectivity index (χ3n) is 7.09. The Labute approximate surface area is 253 Å². The van der Waals surface area contributed by atoms with E-state index in [4.69, 9.17) is 11.6 Å². The molecule has 0 saturated carbocycles. The maximum absolute atomic E-state index is 13.6. The molecule has 0 bridgehead atoms. The highest BCUT2D eigenvalue weighted by Gasteiger charge is 2.25. The van der Waals surface area contributed by atoms with E-state index in [-0.39, 0.29) is 18.0 Å². The van der Waals surface area contributed by atoms with E-state index in [0.29, 0.717) is 27.8 Å². The zero-order valence-electron chi connectivity index (χ0n) is 24.2. The summed E-state index contributed by atoms with van der Waals surface area (Å²) in [4.78, 5) is 43.4. The number of hydrogen-bond donors (Lipinski definition) is 2. The molecule has 5 aromatic rings. The number of amides is 2. The van der Waals surface area contributed by atoms with Crippen LogP contribution in [-0.2, 0) is 25.3 Å². The highest BCUT2D eigenvalue weighted by atomic mass is 35.5. The minimum atomic E-state index is -0.974. The fourth-order valence-corrected chi connectivity index (χ4v) is 4.93. The van der Waals surface area contributed by atoms with Crippen molar-refractivity contribution in [1.29, 1.82) is 0 Å². The van der Waals surface area contributed by atoms with Gasteiger partial charge >= 0.3 is 0 Å². The van der Waals surface area contributed by atoms with Crippen molar-refractivity contribution in [2.24, 2.45) is 14.1 Å². The fraction of sp³-hybridized carbons (Fsp3) is 0.226. The van der Waals surface area contributed by atoms with Crippen molar-refractivity contribution in [2.75, 3.05) is 5.32 Å². The Hall–Kier alpha value is -5.03. The molecule has 1 atom stereocenters. The first kappa shape index (κ1) is 29.5. The molecule has 2 N–H and O–H groups in total. The average Bonchev–Trinajstić information content (AvgIpc) is 3.62. The van der Waals surface area contributed by atoms with Gasteiger partial charge in [-0.15, -0.1) is 0 Å². The third-order valence-corrected chi connectivity index (χ3v) is 7.46. The zero-order chi connectivity index (χ0) is 30.7. The maximum atomic E-state index is 13.6. The number of aromatic nitrogens is 6. The normalized spacial score (nSPS) is 11.9. The van der Waals surface area contributed by atoms with Crippen LogP contribution in [0.15, 0.2) is 84.2 Å². The molecule has 0 spiro atoms. The minimum Gasteiger partial charge on any atom is -0.339 e. The second kappa shape index (κ2) is 12.5. The maximum Gasteiger partial charge on any atom is 0.270 e. The summed E-state index contributed by atoms with van der Waals surface area (Å²) in [5.41, 5.74) is 3.91. The summed E-state index contributed by atoms with van der Waals surface area (Å²) in [5, 5.41) is 14.4. The van der Waals surface area contributed by atoms with Crippen LogP contribution in [0.5, 0.6) is 0 Å². The van der Waals surface area contributed by atoms with Crippen molar-refractivity contribution >= 4 is 29.1 Å². The SMILES string of the molecule is CC(C)n1cc(-c2ccc(Cl)c(CC(NC(=O)c3ccnn3C)C(=O)Nc3ccc(-c4ncnn4C)cc3)c2)ccc1=O. The first-order valence-electron chi connectivity index (χ1n) is 13.7. The number of rotatable bonds is 9. The molecule has 2 aromatic carbocycles. The molecule has 1 unspecified atom stereocenters. The van der Waals surface area contributed by atoms with Crippen LogP contribution in [-0.4, -0.2) is 47.0 Å². The third kappa shape index (κ3) is 6.57. The van der Waals surface area contributed by atoms with Gasteiger partial charge in [0.15, 0.2) is 5.82 Å². The van der Waals surface area contributed by atoms with E-state index in [1.54, 1.807) is 59.9 Å². The Morgan fingerprint density at radius 2 is 1.63 bits per heavy atom. The van der Waals surface area contributed by atoms with Crippen LogP contribution in [0.1, 0.15) is 35.9 Å². The second-order valence-corrected chi connectivity index (χ2v) is 10.8. The van der Waals surface area contributed by atoms with E-state index in [2.05, 4.69) is 25.8 Å². The average molecular weight is 599 g/mol. The number of aryl methyl sites for hydroxylation is 2. The Morgan fingerprint density at radius 1 is 0.907 bits per heavy atom. The molecule has 12 heteroatoms. The standard InChI is InChI=1S/C31H31ClN8O3/c1-19(2)40-17-22(8-12-28(40)41)21-7-11-25(32)23(15-21)16-26(37-31(43)27-13-14-34-38(27)3)30(42)36-24-9-5-20(6-10-24)29-33-18-35-39(29)4/h5-15,17-19,26H,16H2,1-4H3,(H,36,42)(H,37,43). The molecule has 0 aliphatic rings. The highest BCUT2D eigenvalue weighted by Crippen LogP contribution is 2.27. The summed E-state index contributed by atoms with van der Waals surface area (Å²) in [6.45, 7) is 3.88. The van der Waals surface area contributed by atoms with Crippen molar-refractivity contribution in [1.82, 2.24) is 34.4 Å². The molecule has 43 heavy (non-hydrogen) atoms. The molecule has 0 aliphatic carbocycles. The quantitative estimate of drug-likeness (QED) is 0.261. The van der Waals surface area contributed by atoms with Crippen LogP contribution in [0.2, 0.25) is 5.02 Å². The van der Waals surface area contributed by atoms with Crippen LogP contribution in [0.3, 0.4) is 0 Å². The van der Waals surface area contributed by atoms with E-state index in [1.807, 2.05) is 38.1 Å². The lowest BCUT2D eigenvalue weighted by molar-refractivity contribution is -0.118. The summed E-state index contributed by atoms with van der Waals surface area (Å²) in [5.74, 6) is -0.177. The number of halogens is 1. The Morgan fingerprint density at radius 3 is 2.28 bits per heavy atom. The molecule has 0 saturated heterocycles. The molecule has 5 rings (SSSR count). The van der Waals surface area contributed by atoms with Crippen molar-refractivity contribution in [3.8, 4) is 22.5 Å². The number of anilines is 1. The predicted octanol–water partition coefficient (Wildman–Crippen LogP) is 4.26. The monoisotopic (exact) mass is 598 g/mol. The summed E-state index contributed by atoms with van der Waals surface area (Å²) in [6.07, 6.45) is 4.91. The first-order chi connectivity index (χ1) is 20.6. The Kier molecular flexibility index (Phi) is 8.53. The van der Waals surface area contributed by atoms with Gasteiger partial charge in [-0.2, -0.15) is 10.2 Å². The van der Waals surface area contributed by atoms with E-state index in [1.165, 1.54) is 23.3 Å². The van der Waals surface area contributed by atoms with Gasteiger partial charge in [-0.1, -0.05) is 17.7 Å². The molecule has 11 nitrogen and oxygen atoms in total. The van der Waals surface area contributed by atoms with Crippen LogP contribution < -0.4 is 16.2 Å². The molecule has 0 radical (unpaired) electrons. The smallest absolute Gasteiger partial charge is 0.270 e. The molecule has 0 aliphatic heterocycles. The van der Waals surface area contributed by atoms with Gasteiger partial charge in [0.25, 0.3) is 11.5 Å². The number of nitrogens with one attached hydrogen (secondary N) is 2. The molecule has 0 fully saturated rings. The number of nitrogens with zero attached hydrogens (tertiary/aromatic N) is 6. The van der Waals surface area contributed by atoms with Crippen molar-refractivity contribution in [3.63, 3.8) is 0 Å². The van der Waals surface area contributed by atoms with E-state index < -0.39 is 17.9 Å². The van der Waals surface area contributed by atoms with Gasteiger partial charge in [0, 0.05) is 61.3 Å². The molecular weight excluding hydrogens is 568 g/mol. The Bertz CT molecular complexity index is 1840. The topological polar surface area (TPSA) is 129 Å². The lowest BCUT2D eigenvalue weighted by Crippen LogP contribution is -2.45. The van der Waals surface area contributed by atoms with Gasteiger partial charge in [0.2, 0.25) is 5.91 Å². The van der Waals surface area contributed by atoms with Gasteiger partial charge in [0.05, 0.1) is 0 Å². The van der Waals surface area contributed by atoms with Crippen molar-refractivity contribution in [2.45, 2.75) is 32.4 Å². The Balaban J connectivity index is 1.43. The second-order valence-electron chi connectivity index (χ2n) is 10.4. The summed E-state index contributed by atoms with van der Waals surface area (Å²) < 4.78 is 4.75. The minimum absolute atomic E-state index is 0.0102. The number of carbonyl (C=O) groups excluding carboxylic acids is 2. The molecule has 3 heterocycles. The highest BCUT2D eigenvalue weighted by molar-refractivity contribution is 6.31. The van der Waals surface area contributed by atoms with E-state index in [9.17, 15) is 14.4 Å². The van der Waals surface area contributed by atoms with Gasteiger partial charge < -0.3 is 15.2 Å². The van der Waals surface area contributed by atoms with Gasteiger partial charge in [-0.3, -0.25) is 19.1 Å². The molecule has 220 valence electrons. The van der Waals surface area contributed by atoms with Crippen LogP contribution in [0.4, 0.5) is 5.69 Å². The fourth-order valence-electron chi connectivity index (χ4n) is 4.74. The van der Waals surface area contributed by atoms with Gasteiger partial charge in [-0.05, 0) is 79.1 Å². The lowest BCUT2D eigenvalue weighted by atomic mass is 9.99. The van der Waals surface area contributed by atoms with Gasteiger partial charge in [0.1, 0.15) is 18.1 Å². The molecule has 3 aromatic heterocycles.